The van der Waals surface area contributed by atoms with E-state index in [0.717, 1.165) is 17.7 Å². The number of aryl methyl sites for hydroxylation is 1. The number of halogens is 1. The Morgan fingerprint density at radius 1 is 0.816 bits per heavy atom. The van der Waals surface area contributed by atoms with Gasteiger partial charge in [0.25, 0.3) is 11.8 Å². The Bertz CT molecular complexity index is 1400. The molecule has 38 heavy (non-hydrogen) atoms. The van der Waals surface area contributed by atoms with Crippen LogP contribution in [0.3, 0.4) is 0 Å². The Balaban J connectivity index is 1.42. The lowest BCUT2D eigenvalue weighted by Crippen LogP contribution is -2.32. The maximum Gasteiger partial charge on any atom is 0.343 e. The van der Waals surface area contributed by atoms with Gasteiger partial charge in [0.2, 0.25) is 0 Å². The van der Waals surface area contributed by atoms with Crippen molar-refractivity contribution >= 4 is 46.7 Å². The first kappa shape index (κ1) is 26.6. The zero-order valence-corrected chi connectivity index (χ0v) is 21.6. The molecule has 3 aromatic carbocycles. The number of carbonyl (C=O) groups is 4. The SMILES string of the molecule is CCCc1ccc(OC(=O)c2ccc(NC3=C(Cl)C(=O)N(c4ccc(C(=O)OCC)cc4)C3=O)cc2)cc1. The van der Waals surface area contributed by atoms with Crippen molar-refractivity contribution in [3.8, 4) is 5.75 Å². The molecule has 3 aromatic rings. The van der Waals surface area contributed by atoms with Crippen LogP contribution in [0.15, 0.2) is 83.5 Å². The number of ether oxygens (including phenoxy) is 2. The molecule has 1 aliphatic rings. The number of carbonyl (C=O) groups excluding carboxylic acids is 4. The van der Waals surface area contributed by atoms with Crippen molar-refractivity contribution in [1.29, 1.82) is 0 Å². The van der Waals surface area contributed by atoms with E-state index in [1.165, 1.54) is 42.0 Å². The normalized spacial score (nSPS) is 13.1. The molecule has 4 rings (SSSR count). The Labute approximate surface area is 224 Å². The minimum Gasteiger partial charge on any atom is -0.462 e. The van der Waals surface area contributed by atoms with E-state index < -0.39 is 23.8 Å². The summed E-state index contributed by atoms with van der Waals surface area (Å²) in [5, 5.41) is 2.58. The molecule has 0 atom stereocenters. The minimum atomic E-state index is -0.701. The number of amides is 2. The van der Waals surface area contributed by atoms with Crippen molar-refractivity contribution in [2.45, 2.75) is 26.7 Å². The lowest BCUT2D eigenvalue weighted by Gasteiger charge is -2.15. The molecule has 2 amide bonds. The highest BCUT2D eigenvalue weighted by molar-refractivity contribution is 6.53. The number of hydrogen-bond donors (Lipinski definition) is 1. The second-order valence-electron chi connectivity index (χ2n) is 8.39. The van der Waals surface area contributed by atoms with Crippen LogP contribution < -0.4 is 15.0 Å². The second-order valence-corrected chi connectivity index (χ2v) is 8.77. The van der Waals surface area contributed by atoms with Crippen molar-refractivity contribution in [2.24, 2.45) is 0 Å². The Hall–Kier alpha value is -4.43. The number of benzene rings is 3. The van der Waals surface area contributed by atoms with Gasteiger partial charge in [0.05, 0.1) is 23.4 Å². The molecule has 1 heterocycles. The summed E-state index contributed by atoms with van der Waals surface area (Å²) in [6, 6.07) is 19.4. The molecular weight excluding hydrogens is 508 g/mol. The van der Waals surface area contributed by atoms with E-state index in [9.17, 15) is 19.2 Å². The molecule has 9 heteroatoms. The summed E-state index contributed by atoms with van der Waals surface area (Å²) in [5.74, 6) is -1.94. The van der Waals surface area contributed by atoms with Gasteiger partial charge in [0.1, 0.15) is 16.5 Å². The number of nitrogens with one attached hydrogen (secondary N) is 1. The van der Waals surface area contributed by atoms with Gasteiger partial charge in [-0.3, -0.25) is 9.59 Å². The van der Waals surface area contributed by atoms with Gasteiger partial charge in [-0.2, -0.15) is 0 Å². The number of hydrogen-bond acceptors (Lipinski definition) is 7. The molecule has 0 saturated carbocycles. The van der Waals surface area contributed by atoms with Crippen LogP contribution in [0.1, 0.15) is 46.5 Å². The van der Waals surface area contributed by atoms with Crippen molar-refractivity contribution in [1.82, 2.24) is 0 Å². The fourth-order valence-corrected chi connectivity index (χ4v) is 4.03. The van der Waals surface area contributed by atoms with Gasteiger partial charge in [-0.05, 0) is 79.6 Å². The molecule has 8 nitrogen and oxygen atoms in total. The van der Waals surface area contributed by atoms with Crippen LogP contribution in [-0.4, -0.2) is 30.4 Å². The summed E-state index contributed by atoms with van der Waals surface area (Å²) < 4.78 is 10.4. The first-order chi connectivity index (χ1) is 18.3. The van der Waals surface area contributed by atoms with E-state index in [0.29, 0.717) is 22.6 Å². The predicted molar refractivity (Wildman–Crippen MR) is 143 cm³/mol. The quantitative estimate of drug-likeness (QED) is 0.221. The van der Waals surface area contributed by atoms with Crippen molar-refractivity contribution in [3.63, 3.8) is 0 Å². The minimum absolute atomic E-state index is 0.103. The Morgan fingerprint density at radius 3 is 2.03 bits per heavy atom. The zero-order chi connectivity index (χ0) is 27.2. The molecule has 194 valence electrons. The van der Waals surface area contributed by atoms with E-state index in [2.05, 4.69) is 12.2 Å². The topological polar surface area (TPSA) is 102 Å². The fourth-order valence-electron chi connectivity index (χ4n) is 3.82. The third kappa shape index (κ3) is 5.76. The maximum atomic E-state index is 13.0. The molecule has 0 aromatic heterocycles. The van der Waals surface area contributed by atoms with Gasteiger partial charge in [-0.1, -0.05) is 37.1 Å². The largest absolute Gasteiger partial charge is 0.462 e. The van der Waals surface area contributed by atoms with Gasteiger partial charge < -0.3 is 14.8 Å². The van der Waals surface area contributed by atoms with Gasteiger partial charge in [0, 0.05) is 5.69 Å². The second kappa shape index (κ2) is 11.7. The van der Waals surface area contributed by atoms with Crippen LogP contribution in [0.2, 0.25) is 0 Å². The summed E-state index contributed by atoms with van der Waals surface area (Å²) in [4.78, 5) is 51.1. The third-order valence-electron chi connectivity index (χ3n) is 5.73. The molecule has 0 aliphatic carbocycles. The van der Waals surface area contributed by atoms with Crippen LogP contribution in [0.4, 0.5) is 11.4 Å². The number of esters is 2. The molecule has 0 radical (unpaired) electrons. The summed E-state index contributed by atoms with van der Waals surface area (Å²) in [6.45, 7) is 4.02. The molecule has 0 fully saturated rings. The van der Waals surface area contributed by atoms with Crippen molar-refractivity contribution in [3.05, 3.63) is 100 Å². The van der Waals surface area contributed by atoms with Gasteiger partial charge in [-0.15, -0.1) is 0 Å². The highest BCUT2D eigenvalue weighted by atomic mass is 35.5. The lowest BCUT2D eigenvalue weighted by atomic mass is 10.1. The average molecular weight is 533 g/mol. The Kier molecular flexibility index (Phi) is 8.23. The van der Waals surface area contributed by atoms with Crippen LogP contribution in [0, 0.1) is 0 Å². The zero-order valence-electron chi connectivity index (χ0n) is 20.8. The number of rotatable bonds is 9. The number of nitrogens with zero attached hydrogens (tertiary/aromatic N) is 1. The van der Waals surface area contributed by atoms with E-state index >= 15 is 0 Å². The summed E-state index contributed by atoms with van der Waals surface area (Å²) >= 11 is 6.20. The molecule has 1 N–H and O–H groups in total. The molecule has 0 unspecified atom stereocenters. The van der Waals surface area contributed by atoms with Crippen LogP contribution in [0.5, 0.6) is 5.75 Å². The van der Waals surface area contributed by atoms with Crippen molar-refractivity contribution in [2.75, 3.05) is 16.8 Å². The lowest BCUT2D eigenvalue weighted by molar-refractivity contribution is -0.120. The first-order valence-corrected chi connectivity index (χ1v) is 12.4. The third-order valence-corrected chi connectivity index (χ3v) is 6.08. The van der Waals surface area contributed by atoms with Gasteiger partial charge in [0.15, 0.2) is 0 Å². The highest BCUT2D eigenvalue weighted by Gasteiger charge is 2.39. The van der Waals surface area contributed by atoms with E-state index in [4.69, 9.17) is 21.1 Å². The smallest absolute Gasteiger partial charge is 0.343 e. The highest BCUT2D eigenvalue weighted by Crippen LogP contribution is 2.30. The first-order valence-electron chi connectivity index (χ1n) is 12.1. The number of imide groups is 1. The van der Waals surface area contributed by atoms with Gasteiger partial charge in [-0.25, -0.2) is 14.5 Å². The van der Waals surface area contributed by atoms with Crippen molar-refractivity contribution < 1.29 is 28.7 Å². The summed E-state index contributed by atoms with van der Waals surface area (Å²) in [7, 11) is 0. The molecule has 0 bridgehead atoms. The fraction of sp³-hybridized carbons (Fsp3) is 0.172. The molecule has 0 saturated heterocycles. The van der Waals surface area contributed by atoms with Crippen LogP contribution >= 0.6 is 11.6 Å². The monoisotopic (exact) mass is 532 g/mol. The van der Waals surface area contributed by atoms with E-state index in [-0.39, 0.29) is 23.0 Å². The molecule has 0 spiro atoms. The average Bonchev–Trinajstić information content (AvgIpc) is 3.13. The molecular formula is C29H25ClN2O6. The summed E-state index contributed by atoms with van der Waals surface area (Å²) in [5.41, 5.74) is 2.37. The number of anilines is 2. The van der Waals surface area contributed by atoms with E-state index in [1.54, 1.807) is 31.2 Å². The maximum absolute atomic E-state index is 13.0. The van der Waals surface area contributed by atoms with E-state index in [1.807, 2.05) is 12.1 Å². The van der Waals surface area contributed by atoms with Gasteiger partial charge >= 0.3 is 11.9 Å². The molecule has 1 aliphatic heterocycles. The van der Waals surface area contributed by atoms with Crippen LogP contribution in [-0.2, 0) is 20.7 Å². The van der Waals surface area contributed by atoms with Crippen LogP contribution in [0.25, 0.3) is 0 Å². The predicted octanol–water partition coefficient (Wildman–Crippen LogP) is 5.47. The standard InChI is InChI=1S/C29H25ClN2O6/c1-3-5-18-6-16-23(17-7-18)38-29(36)20-8-12-21(13-9-20)31-25-24(30)26(33)32(27(25)34)22-14-10-19(11-15-22)28(35)37-4-2/h6-17,31H,3-5H2,1-2H3. The summed E-state index contributed by atoms with van der Waals surface area (Å²) in [6.07, 6.45) is 1.99. The Morgan fingerprint density at radius 2 is 1.42 bits per heavy atom.